The van der Waals surface area contributed by atoms with Crippen molar-refractivity contribution in [3.8, 4) is 11.5 Å². The third kappa shape index (κ3) is 8.25. The summed E-state index contributed by atoms with van der Waals surface area (Å²) in [4.78, 5) is 34.5. The van der Waals surface area contributed by atoms with Crippen LogP contribution >= 0.6 is 21.6 Å². The molecular weight excluding hydrogens is 472 g/mol. The van der Waals surface area contributed by atoms with Crippen molar-refractivity contribution in [2.24, 2.45) is 0 Å². The fourth-order valence-electron chi connectivity index (χ4n) is 3.72. The fraction of sp³-hybridized carbons (Fsp3) is 0.346. The lowest BCUT2D eigenvalue weighted by Crippen LogP contribution is -2.12. The molecule has 0 saturated carbocycles. The van der Waals surface area contributed by atoms with E-state index in [4.69, 9.17) is 9.47 Å². The van der Waals surface area contributed by atoms with Crippen LogP contribution in [0.4, 0.5) is 0 Å². The van der Waals surface area contributed by atoms with Crippen molar-refractivity contribution in [3.05, 3.63) is 59.2 Å². The minimum Gasteiger partial charge on any atom is -0.481 e. The van der Waals surface area contributed by atoms with E-state index < -0.39 is 23.8 Å². The predicted molar refractivity (Wildman–Crippen MR) is 137 cm³/mol. The molecule has 34 heavy (non-hydrogen) atoms. The van der Waals surface area contributed by atoms with Gasteiger partial charge in [0.05, 0.1) is 5.92 Å². The zero-order valence-electron chi connectivity index (χ0n) is 19.2. The van der Waals surface area contributed by atoms with E-state index in [2.05, 4.69) is 0 Å². The van der Waals surface area contributed by atoms with Crippen molar-refractivity contribution in [1.82, 2.24) is 0 Å². The van der Waals surface area contributed by atoms with Crippen molar-refractivity contribution in [3.63, 3.8) is 0 Å². The molecule has 8 heteroatoms. The zero-order valence-corrected chi connectivity index (χ0v) is 20.8. The van der Waals surface area contributed by atoms with Crippen molar-refractivity contribution in [1.29, 1.82) is 0 Å². The van der Waals surface area contributed by atoms with Crippen LogP contribution in [0.25, 0.3) is 12.2 Å². The molecule has 1 heterocycles. The Bertz CT molecular complexity index is 1010. The van der Waals surface area contributed by atoms with Crippen LogP contribution in [0.15, 0.2) is 42.5 Å². The number of carbonyl (C=O) groups excluding carboxylic acids is 2. The molecule has 0 aromatic heterocycles. The molecule has 0 radical (unpaired) electrons. The van der Waals surface area contributed by atoms with E-state index in [1.54, 1.807) is 18.2 Å². The van der Waals surface area contributed by atoms with E-state index in [-0.39, 0.29) is 11.5 Å². The SMILES string of the molecule is CC(=O)Oc1cc(C=Cc2ccc(C(CCCC3CCSS3)C(=O)O)cc2)cc(OC(C)=O)c1. The average molecular weight is 501 g/mol. The second-order valence-electron chi connectivity index (χ2n) is 8.08. The maximum atomic E-state index is 11.8. The van der Waals surface area contributed by atoms with Crippen LogP contribution in [0.3, 0.4) is 0 Å². The van der Waals surface area contributed by atoms with Gasteiger partial charge in [0.2, 0.25) is 0 Å². The van der Waals surface area contributed by atoms with Crippen LogP contribution in [-0.2, 0) is 14.4 Å². The van der Waals surface area contributed by atoms with Crippen LogP contribution in [0.2, 0.25) is 0 Å². The number of esters is 2. The number of hydrogen-bond donors (Lipinski definition) is 1. The van der Waals surface area contributed by atoms with Gasteiger partial charge in [-0.2, -0.15) is 0 Å². The van der Waals surface area contributed by atoms with Crippen molar-refractivity contribution in [2.75, 3.05) is 5.75 Å². The van der Waals surface area contributed by atoms with Gasteiger partial charge in [0.25, 0.3) is 0 Å². The summed E-state index contributed by atoms with van der Waals surface area (Å²) >= 11 is 0. The summed E-state index contributed by atoms with van der Waals surface area (Å²) < 4.78 is 10.3. The Labute approximate surface area is 207 Å². The summed E-state index contributed by atoms with van der Waals surface area (Å²) in [7, 11) is 3.83. The van der Waals surface area contributed by atoms with Gasteiger partial charge < -0.3 is 14.6 Å². The maximum Gasteiger partial charge on any atom is 0.310 e. The number of carboxylic acid groups (broad SMARTS) is 1. The highest BCUT2D eigenvalue weighted by molar-refractivity contribution is 8.77. The standard InChI is InChI=1S/C26H28O6S2/c1-17(27)31-22-14-20(15-23(16-22)32-18(2)28)7-6-19-8-10-21(11-9-19)25(26(29)30)5-3-4-24-12-13-33-34-24/h6-11,14-16,24-25H,3-5,12-13H2,1-2H3,(H,29,30). The molecule has 1 aliphatic rings. The molecular formula is C26H28O6S2. The van der Waals surface area contributed by atoms with Crippen molar-refractivity contribution >= 4 is 51.6 Å². The van der Waals surface area contributed by atoms with Gasteiger partial charge in [-0.1, -0.05) is 64.4 Å². The Morgan fingerprint density at radius 2 is 1.62 bits per heavy atom. The summed E-state index contributed by atoms with van der Waals surface area (Å²) in [6.07, 6.45) is 7.47. The van der Waals surface area contributed by atoms with Crippen LogP contribution in [-0.4, -0.2) is 34.0 Å². The van der Waals surface area contributed by atoms with Crippen LogP contribution in [0.1, 0.15) is 62.1 Å². The predicted octanol–water partition coefficient (Wildman–Crippen LogP) is 6.20. The molecule has 0 bridgehead atoms. The van der Waals surface area contributed by atoms with Gasteiger partial charge in [0, 0.05) is 30.9 Å². The second kappa shape index (κ2) is 12.7. The van der Waals surface area contributed by atoms with Crippen LogP contribution < -0.4 is 9.47 Å². The molecule has 0 amide bonds. The zero-order chi connectivity index (χ0) is 24.5. The highest BCUT2D eigenvalue weighted by Crippen LogP contribution is 2.40. The number of benzene rings is 2. The molecule has 180 valence electrons. The molecule has 1 saturated heterocycles. The van der Waals surface area contributed by atoms with Gasteiger partial charge in [-0.05, 0) is 48.1 Å². The van der Waals surface area contributed by atoms with E-state index in [0.717, 1.165) is 24.0 Å². The number of hydrogen-bond acceptors (Lipinski definition) is 7. The van der Waals surface area contributed by atoms with E-state index in [1.165, 1.54) is 32.1 Å². The first-order chi connectivity index (χ1) is 16.3. The Hall–Kier alpha value is -2.71. The molecule has 2 atom stereocenters. The Kier molecular flexibility index (Phi) is 9.65. The second-order valence-corrected chi connectivity index (χ2v) is 10.9. The number of ether oxygens (including phenoxy) is 2. The Balaban J connectivity index is 1.68. The first-order valence-electron chi connectivity index (χ1n) is 11.1. The normalized spacial score (nSPS) is 16.4. The molecule has 1 N–H and O–H groups in total. The molecule has 2 aromatic rings. The van der Waals surface area contributed by atoms with E-state index in [0.29, 0.717) is 17.2 Å². The molecule has 6 nitrogen and oxygen atoms in total. The molecule has 0 aliphatic carbocycles. The van der Waals surface area contributed by atoms with E-state index in [1.807, 2.05) is 51.9 Å². The average Bonchev–Trinajstić information content (AvgIpc) is 3.28. The molecule has 2 aromatic carbocycles. The van der Waals surface area contributed by atoms with Gasteiger partial charge in [0.1, 0.15) is 11.5 Å². The molecule has 2 unspecified atom stereocenters. The minimum atomic E-state index is -0.794. The largest absolute Gasteiger partial charge is 0.481 e. The topological polar surface area (TPSA) is 89.9 Å². The quantitative estimate of drug-likeness (QED) is 0.178. The number of rotatable bonds is 10. The summed E-state index contributed by atoms with van der Waals surface area (Å²) in [5, 5.41) is 10.4. The first kappa shape index (κ1) is 25.9. The Morgan fingerprint density at radius 1 is 1.00 bits per heavy atom. The van der Waals surface area contributed by atoms with Crippen LogP contribution in [0.5, 0.6) is 11.5 Å². The van der Waals surface area contributed by atoms with Gasteiger partial charge in [-0.3, -0.25) is 14.4 Å². The lowest BCUT2D eigenvalue weighted by atomic mass is 9.92. The summed E-state index contributed by atoms with van der Waals surface area (Å²) in [6.45, 7) is 2.60. The van der Waals surface area contributed by atoms with Crippen molar-refractivity contribution in [2.45, 2.75) is 50.7 Å². The highest BCUT2D eigenvalue weighted by atomic mass is 33.1. The third-order valence-electron chi connectivity index (χ3n) is 5.28. The van der Waals surface area contributed by atoms with Gasteiger partial charge >= 0.3 is 17.9 Å². The number of carboxylic acids is 1. The molecule has 1 fully saturated rings. The van der Waals surface area contributed by atoms with E-state index >= 15 is 0 Å². The van der Waals surface area contributed by atoms with Gasteiger partial charge in [-0.25, -0.2) is 0 Å². The first-order valence-corrected chi connectivity index (χ1v) is 13.5. The monoisotopic (exact) mass is 500 g/mol. The lowest BCUT2D eigenvalue weighted by Gasteiger charge is -2.14. The number of carbonyl (C=O) groups is 3. The maximum absolute atomic E-state index is 11.8. The fourth-order valence-corrected chi connectivity index (χ4v) is 6.75. The molecule has 0 spiro atoms. The lowest BCUT2D eigenvalue weighted by molar-refractivity contribution is -0.139. The smallest absolute Gasteiger partial charge is 0.310 e. The molecule has 3 rings (SSSR count). The van der Waals surface area contributed by atoms with Crippen molar-refractivity contribution < 1.29 is 29.0 Å². The third-order valence-corrected chi connectivity index (χ3v) is 8.28. The summed E-state index contributed by atoms with van der Waals surface area (Å²) in [5.74, 6) is -0.508. The summed E-state index contributed by atoms with van der Waals surface area (Å²) in [5.41, 5.74) is 2.37. The summed E-state index contributed by atoms with van der Waals surface area (Å²) in [6, 6.07) is 12.3. The minimum absolute atomic E-state index is 0.278. The van der Waals surface area contributed by atoms with Crippen LogP contribution in [0, 0.1) is 0 Å². The van der Waals surface area contributed by atoms with Gasteiger partial charge in [0.15, 0.2) is 0 Å². The Morgan fingerprint density at radius 3 is 2.15 bits per heavy atom. The number of aliphatic carboxylic acids is 1. The van der Waals surface area contributed by atoms with E-state index in [9.17, 15) is 19.5 Å². The van der Waals surface area contributed by atoms with Gasteiger partial charge in [-0.15, -0.1) is 0 Å². The molecule has 1 aliphatic heterocycles. The highest BCUT2D eigenvalue weighted by Gasteiger charge is 2.21.